The first kappa shape index (κ1) is 17.7. The molecule has 4 atom stereocenters. The number of halogens is 2. The van der Waals surface area contributed by atoms with Crippen molar-refractivity contribution in [3.63, 3.8) is 0 Å². The molecule has 3 rings (SSSR count). The molecule has 2 saturated carbocycles. The van der Waals surface area contributed by atoms with Crippen LogP contribution in [0.1, 0.15) is 76.7 Å². The van der Waals surface area contributed by atoms with Gasteiger partial charge in [-0.2, -0.15) is 4.39 Å². The van der Waals surface area contributed by atoms with Crippen molar-refractivity contribution in [2.24, 2.45) is 17.8 Å². The van der Waals surface area contributed by atoms with Crippen LogP contribution in [0, 0.1) is 29.4 Å². The van der Waals surface area contributed by atoms with Crippen LogP contribution in [0.5, 0.6) is 5.75 Å². The first-order valence-electron chi connectivity index (χ1n) is 9.78. The summed E-state index contributed by atoms with van der Waals surface area (Å²) in [6.45, 7) is 4.73. The SMILES string of the molecule is CCCCOc1ccc(C2CCC3C(CCC)CCC23)c(F)c1F. The lowest BCUT2D eigenvalue weighted by atomic mass is 9.84. The lowest BCUT2D eigenvalue weighted by molar-refractivity contribution is 0.286. The standard InChI is InChI=1S/C21H30F2O/c1-3-5-13-24-19-12-11-18(20(22)21(19)23)17-10-9-15-14(6-4-2)7-8-16(15)17/h11-12,14-17H,3-10,13H2,1-2H3. The van der Waals surface area contributed by atoms with Crippen molar-refractivity contribution in [1.29, 1.82) is 0 Å². The fourth-order valence-electron chi connectivity index (χ4n) is 5.11. The van der Waals surface area contributed by atoms with E-state index in [9.17, 15) is 8.78 Å². The smallest absolute Gasteiger partial charge is 0.200 e. The molecule has 2 aliphatic carbocycles. The van der Waals surface area contributed by atoms with Crippen LogP contribution in [0.2, 0.25) is 0 Å². The predicted molar refractivity (Wildman–Crippen MR) is 93.3 cm³/mol. The monoisotopic (exact) mass is 336 g/mol. The van der Waals surface area contributed by atoms with Gasteiger partial charge in [0.1, 0.15) is 0 Å². The van der Waals surface area contributed by atoms with Gasteiger partial charge in [-0.3, -0.25) is 0 Å². The fraction of sp³-hybridized carbons (Fsp3) is 0.714. The number of unbranched alkanes of at least 4 members (excludes halogenated alkanes) is 1. The van der Waals surface area contributed by atoms with Crippen LogP contribution < -0.4 is 4.74 Å². The second kappa shape index (κ2) is 7.84. The summed E-state index contributed by atoms with van der Waals surface area (Å²) >= 11 is 0. The highest BCUT2D eigenvalue weighted by molar-refractivity contribution is 5.34. The molecule has 0 spiro atoms. The number of fused-ring (bicyclic) bond motifs is 1. The van der Waals surface area contributed by atoms with Gasteiger partial charge in [0.05, 0.1) is 6.61 Å². The molecule has 1 aromatic rings. The van der Waals surface area contributed by atoms with Gasteiger partial charge in [0.15, 0.2) is 11.6 Å². The average Bonchev–Trinajstić information content (AvgIpc) is 3.16. The molecule has 0 saturated heterocycles. The maximum absolute atomic E-state index is 14.7. The molecule has 0 N–H and O–H groups in total. The van der Waals surface area contributed by atoms with Crippen molar-refractivity contribution in [3.05, 3.63) is 29.3 Å². The molecule has 0 aliphatic heterocycles. The second-order valence-electron chi connectivity index (χ2n) is 7.62. The van der Waals surface area contributed by atoms with Crippen LogP contribution in [0.15, 0.2) is 12.1 Å². The van der Waals surface area contributed by atoms with Gasteiger partial charge in [-0.25, -0.2) is 4.39 Å². The zero-order chi connectivity index (χ0) is 17.1. The van der Waals surface area contributed by atoms with E-state index < -0.39 is 11.6 Å². The normalized spacial score (nSPS) is 29.0. The summed E-state index contributed by atoms with van der Waals surface area (Å²) in [5.41, 5.74) is 0.583. The number of hydrogen-bond acceptors (Lipinski definition) is 1. The summed E-state index contributed by atoms with van der Waals surface area (Å²) in [6, 6.07) is 3.41. The van der Waals surface area contributed by atoms with Gasteiger partial charge < -0.3 is 4.74 Å². The summed E-state index contributed by atoms with van der Waals surface area (Å²) in [4.78, 5) is 0. The molecule has 4 unspecified atom stereocenters. The molecule has 1 aromatic carbocycles. The molecule has 0 bridgehead atoms. The molecule has 24 heavy (non-hydrogen) atoms. The summed E-state index contributed by atoms with van der Waals surface area (Å²) in [7, 11) is 0. The number of benzene rings is 1. The Kier molecular flexibility index (Phi) is 5.78. The molecule has 0 radical (unpaired) electrons. The maximum atomic E-state index is 14.7. The molecule has 0 amide bonds. The average molecular weight is 336 g/mol. The molecule has 0 heterocycles. The van der Waals surface area contributed by atoms with E-state index in [0.29, 0.717) is 18.1 Å². The van der Waals surface area contributed by atoms with Crippen molar-refractivity contribution >= 4 is 0 Å². The lowest BCUT2D eigenvalue weighted by Crippen LogP contribution is -2.13. The number of ether oxygens (including phenoxy) is 1. The van der Waals surface area contributed by atoms with Crippen LogP contribution in [0.3, 0.4) is 0 Å². The van der Waals surface area contributed by atoms with Crippen LogP contribution in [0.25, 0.3) is 0 Å². The largest absolute Gasteiger partial charge is 0.490 e. The van der Waals surface area contributed by atoms with E-state index in [0.717, 1.165) is 31.1 Å². The molecule has 2 fully saturated rings. The van der Waals surface area contributed by atoms with Gasteiger partial charge in [0.25, 0.3) is 0 Å². The Balaban J connectivity index is 1.75. The van der Waals surface area contributed by atoms with E-state index in [-0.39, 0.29) is 11.7 Å². The third-order valence-corrected chi connectivity index (χ3v) is 6.25. The molecule has 3 heteroatoms. The lowest BCUT2D eigenvalue weighted by Gasteiger charge is -2.22. The third-order valence-electron chi connectivity index (χ3n) is 6.25. The molecule has 1 nitrogen and oxygen atoms in total. The Morgan fingerprint density at radius 3 is 2.50 bits per heavy atom. The van der Waals surface area contributed by atoms with E-state index in [2.05, 4.69) is 6.92 Å². The van der Waals surface area contributed by atoms with Gasteiger partial charge >= 0.3 is 0 Å². The van der Waals surface area contributed by atoms with E-state index >= 15 is 0 Å². The van der Waals surface area contributed by atoms with Crippen LogP contribution >= 0.6 is 0 Å². The minimum atomic E-state index is -0.796. The zero-order valence-corrected chi connectivity index (χ0v) is 15.0. The Labute approximate surface area is 144 Å². The number of rotatable bonds is 7. The highest BCUT2D eigenvalue weighted by atomic mass is 19.2. The van der Waals surface area contributed by atoms with Gasteiger partial charge in [-0.1, -0.05) is 39.2 Å². The van der Waals surface area contributed by atoms with E-state index in [1.54, 1.807) is 12.1 Å². The Morgan fingerprint density at radius 1 is 0.958 bits per heavy atom. The Bertz CT molecular complexity index is 557. The van der Waals surface area contributed by atoms with Crippen molar-refractivity contribution < 1.29 is 13.5 Å². The quantitative estimate of drug-likeness (QED) is 0.519. The van der Waals surface area contributed by atoms with Gasteiger partial charge in [0, 0.05) is 0 Å². The van der Waals surface area contributed by atoms with Gasteiger partial charge in [-0.05, 0) is 67.4 Å². The van der Waals surface area contributed by atoms with E-state index in [4.69, 9.17) is 4.74 Å². The topological polar surface area (TPSA) is 9.23 Å². The minimum absolute atomic E-state index is 0.0644. The van der Waals surface area contributed by atoms with Crippen LogP contribution in [-0.4, -0.2) is 6.61 Å². The Morgan fingerprint density at radius 2 is 1.75 bits per heavy atom. The van der Waals surface area contributed by atoms with Crippen molar-refractivity contribution in [2.75, 3.05) is 6.61 Å². The first-order valence-corrected chi connectivity index (χ1v) is 9.78. The molecular formula is C21H30F2O. The fourth-order valence-corrected chi connectivity index (χ4v) is 5.11. The van der Waals surface area contributed by atoms with E-state index in [1.165, 1.54) is 32.1 Å². The highest BCUT2D eigenvalue weighted by Gasteiger charge is 2.45. The van der Waals surface area contributed by atoms with E-state index in [1.807, 2.05) is 6.92 Å². The highest BCUT2D eigenvalue weighted by Crippen LogP contribution is 2.56. The number of hydrogen-bond donors (Lipinski definition) is 0. The van der Waals surface area contributed by atoms with Crippen LogP contribution in [-0.2, 0) is 0 Å². The van der Waals surface area contributed by atoms with Crippen molar-refractivity contribution in [1.82, 2.24) is 0 Å². The Hall–Kier alpha value is -1.12. The van der Waals surface area contributed by atoms with Crippen molar-refractivity contribution in [3.8, 4) is 5.75 Å². The third kappa shape index (κ3) is 3.32. The van der Waals surface area contributed by atoms with Crippen LogP contribution in [0.4, 0.5) is 8.78 Å². The molecule has 2 aliphatic rings. The summed E-state index contributed by atoms with van der Waals surface area (Å²) in [6.07, 6.45) is 8.97. The zero-order valence-electron chi connectivity index (χ0n) is 15.0. The summed E-state index contributed by atoms with van der Waals surface area (Å²) < 4.78 is 34.5. The second-order valence-corrected chi connectivity index (χ2v) is 7.62. The van der Waals surface area contributed by atoms with Gasteiger partial charge in [0.2, 0.25) is 5.82 Å². The predicted octanol–water partition coefficient (Wildman–Crippen LogP) is 6.46. The summed E-state index contributed by atoms with van der Waals surface area (Å²) in [5.74, 6) is 0.851. The van der Waals surface area contributed by atoms with Crippen molar-refractivity contribution in [2.45, 2.75) is 71.1 Å². The molecular weight excluding hydrogens is 306 g/mol. The minimum Gasteiger partial charge on any atom is -0.490 e. The molecule has 0 aromatic heterocycles. The molecule has 134 valence electrons. The van der Waals surface area contributed by atoms with Gasteiger partial charge in [-0.15, -0.1) is 0 Å². The summed E-state index contributed by atoms with van der Waals surface area (Å²) in [5, 5.41) is 0. The first-order chi connectivity index (χ1) is 11.7. The maximum Gasteiger partial charge on any atom is 0.200 e.